The predicted octanol–water partition coefficient (Wildman–Crippen LogP) is 3.45. The molecule has 17 heavy (non-hydrogen) atoms. The molecule has 92 valence electrons. The number of anilines is 1. The van der Waals surface area contributed by atoms with Gasteiger partial charge in [0.2, 0.25) is 0 Å². The number of aromatic nitrogens is 2. The van der Waals surface area contributed by atoms with E-state index in [4.69, 9.17) is 11.6 Å². The molecular formula is C12H16ClN3S. The summed E-state index contributed by atoms with van der Waals surface area (Å²) in [4.78, 5) is 8.61. The molecule has 2 fully saturated rings. The molecule has 1 N–H and O–H groups in total. The van der Waals surface area contributed by atoms with Crippen molar-refractivity contribution >= 4 is 29.2 Å². The van der Waals surface area contributed by atoms with Crippen LogP contribution < -0.4 is 5.32 Å². The van der Waals surface area contributed by atoms with E-state index in [0.29, 0.717) is 11.2 Å². The number of fused-ring (bicyclic) bond motifs is 2. The van der Waals surface area contributed by atoms with Crippen LogP contribution in [0, 0.1) is 11.8 Å². The molecule has 2 saturated carbocycles. The number of thioether (sulfide) groups is 1. The first-order chi connectivity index (χ1) is 8.24. The summed E-state index contributed by atoms with van der Waals surface area (Å²) < 4.78 is 0. The average Bonchev–Trinajstić information content (AvgIpc) is 2.90. The van der Waals surface area contributed by atoms with E-state index in [-0.39, 0.29) is 0 Å². The Balaban J connectivity index is 1.74. The molecule has 0 saturated heterocycles. The summed E-state index contributed by atoms with van der Waals surface area (Å²) in [6.07, 6.45) is 7.44. The van der Waals surface area contributed by atoms with Gasteiger partial charge in [-0.1, -0.05) is 29.8 Å². The average molecular weight is 270 g/mol. The maximum Gasteiger partial charge on any atom is 0.190 e. The van der Waals surface area contributed by atoms with Gasteiger partial charge in [0, 0.05) is 12.1 Å². The van der Waals surface area contributed by atoms with E-state index in [2.05, 4.69) is 15.3 Å². The Hall–Kier alpha value is -0.480. The van der Waals surface area contributed by atoms with Gasteiger partial charge in [-0.05, 0) is 37.4 Å². The highest BCUT2D eigenvalue weighted by atomic mass is 35.5. The summed E-state index contributed by atoms with van der Waals surface area (Å²) in [6.45, 7) is 0. The van der Waals surface area contributed by atoms with Gasteiger partial charge < -0.3 is 5.32 Å². The van der Waals surface area contributed by atoms with Gasteiger partial charge in [0.15, 0.2) is 5.16 Å². The van der Waals surface area contributed by atoms with E-state index in [1.54, 1.807) is 0 Å². The molecule has 2 aliphatic carbocycles. The van der Waals surface area contributed by atoms with Crippen molar-refractivity contribution in [1.29, 1.82) is 0 Å². The van der Waals surface area contributed by atoms with Gasteiger partial charge in [-0.15, -0.1) is 0 Å². The van der Waals surface area contributed by atoms with Gasteiger partial charge in [-0.3, -0.25) is 0 Å². The zero-order chi connectivity index (χ0) is 11.8. The number of hydrogen-bond acceptors (Lipinski definition) is 4. The van der Waals surface area contributed by atoms with Crippen molar-refractivity contribution in [2.24, 2.45) is 11.8 Å². The van der Waals surface area contributed by atoms with Crippen molar-refractivity contribution in [1.82, 2.24) is 9.97 Å². The highest BCUT2D eigenvalue weighted by Crippen LogP contribution is 2.45. The lowest BCUT2D eigenvalue weighted by Crippen LogP contribution is -2.26. The van der Waals surface area contributed by atoms with Crippen LogP contribution in [0.2, 0.25) is 5.15 Å². The first-order valence-electron chi connectivity index (χ1n) is 6.09. The minimum Gasteiger partial charge on any atom is -0.367 e. The molecule has 0 spiro atoms. The molecule has 3 nitrogen and oxygen atoms in total. The first-order valence-corrected chi connectivity index (χ1v) is 7.70. The van der Waals surface area contributed by atoms with E-state index in [1.807, 2.05) is 12.3 Å². The third kappa shape index (κ3) is 2.38. The van der Waals surface area contributed by atoms with Crippen molar-refractivity contribution in [3.8, 4) is 0 Å². The summed E-state index contributed by atoms with van der Waals surface area (Å²) >= 11 is 7.51. The van der Waals surface area contributed by atoms with E-state index < -0.39 is 0 Å². The largest absolute Gasteiger partial charge is 0.367 e. The molecule has 1 aromatic heterocycles. The maximum absolute atomic E-state index is 5.99. The standard InChI is InChI=1S/C12H16ClN3S/c1-17-12-15-10(13)6-11(16-12)14-9-5-7-2-3-8(9)4-7/h6-9H,2-5H2,1H3,(H,14,15,16). The Kier molecular flexibility index (Phi) is 3.17. The van der Waals surface area contributed by atoms with E-state index in [9.17, 15) is 0 Å². The Morgan fingerprint density at radius 1 is 1.35 bits per heavy atom. The molecule has 3 unspecified atom stereocenters. The molecule has 1 heterocycles. The minimum atomic E-state index is 0.523. The minimum absolute atomic E-state index is 0.523. The van der Waals surface area contributed by atoms with Crippen molar-refractivity contribution in [2.45, 2.75) is 36.9 Å². The van der Waals surface area contributed by atoms with Crippen LogP contribution in [0.3, 0.4) is 0 Å². The quantitative estimate of drug-likeness (QED) is 0.518. The third-order valence-corrected chi connectivity index (χ3v) is 4.67. The second-order valence-electron chi connectivity index (χ2n) is 4.99. The van der Waals surface area contributed by atoms with Crippen molar-refractivity contribution in [3.05, 3.63) is 11.2 Å². The molecule has 1 aromatic rings. The highest BCUT2D eigenvalue weighted by molar-refractivity contribution is 7.98. The van der Waals surface area contributed by atoms with Gasteiger partial charge in [-0.25, -0.2) is 9.97 Å². The monoisotopic (exact) mass is 269 g/mol. The number of nitrogens with one attached hydrogen (secondary N) is 1. The molecule has 0 amide bonds. The normalized spacial score (nSPS) is 30.8. The fraction of sp³-hybridized carbons (Fsp3) is 0.667. The molecule has 2 bridgehead atoms. The Labute approximate surface area is 111 Å². The van der Waals surface area contributed by atoms with Crippen LogP contribution >= 0.6 is 23.4 Å². The SMILES string of the molecule is CSc1nc(Cl)cc(NC2CC3CCC2C3)n1. The lowest BCUT2D eigenvalue weighted by molar-refractivity contribution is 0.438. The zero-order valence-electron chi connectivity index (χ0n) is 9.82. The van der Waals surface area contributed by atoms with Gasteiger partial charge in [0.1, 0.15) is 11.0 Å². The number of halogens is 1. The Morgan fingerprint density at radius 2 is 2.24 bits per heavy atom. The van der Waals surface area contributed by atoms with Crippen molar-refractivity contribution in [2.75, 3.05) is 11.6 Å². The molecule has 0 radical (unpaired) electrons. The topological polar surface area (TPSA) is 37.8 Å². The molecular weight excluding hydrogens is 254 g/mol. The summed E-state index contributed by atoms with van der Waals surface area (Å²) in [6, 6.07) is 2.42. The summed E-state index contributed by atoms with van der Waals surface area (Å²) in [5, 5.41) is 4.80. The summed E-state index contributed by atoms with van der Waals surface area (Å²) in [5.74, 6) is 2.66. The van der Waals surface area contributed by atoms with Crippen LogP contribution in [-0.2, 0) is 0 Å². The molecule has 0 aliphatic heterocycles. The van der Waals surface area contributed by atoms with Crippen LogP contribution in [0.25, 0.3) is 0 Å². The highest BCUT2D eigenvalue weighted by Gasteiger charge is 2.39. The smallest absolute Gasteiger partial charge is 0.190 e. The predicted molar refractivity (Wildman–Crippen MR) is 71.7 cm³/mol. The maximum atomic E-state index is 5.99. The van der Waals surface area contributed by atoms with E-state index in [0.717, 1.165) is 22.8 Å². The van der Waals surface area contributed by atoms with Crippen LogP contribution in [0.4, 0.5) is 5.82 Å². The van der Waals surface area contributed by atoms with E-state index in [1.165, 1.54) is 37.4 Å². The van der Waals surface area contributed by atoms with Crippen molar-refractivity contribution < 1.29 is 0 Å². The molecule has 3 rings (SSSR count). The number of hydrogen-bond donors (Lipinski definition) is 1. The van der Waals surface area contributed by atoms with Crippen LogP contribution in [-0.4, -0.2) is 22.3 Å². The van der Waals surface area contributed by atoms with Gasteiger partial charge in [0.05, 0.1) is 0 Å². The Morgan fingerprint density at radius 3 is 2.88 bits per heavy atom. The number of nitrogens with zero attached hydrogens (tertiary/aromatic N) is 2. The molecule has 0 aromatic carbocycles. The summed E-state index contributed by atoms with van der Waals surface area (Å²) in [5.41, 5.74) is 0. The van der Waals surface area contributed by atoms with Crippen LogP contribution in [0.15, 0.2) is 11.2 Å². The van der Waals surface area contributed by atoms with Crippen molar-refractivity contribution in [3.63, 3.8) is 0 Å². The van der Waals surface area contributed by atoms with Crippen LogP contribution in [0.5, 0.6) is 0 Å². The lowest BCUT2D eigenvalue weighted by atomic mass is 9.95. The van der Waals surface area contributed by atoms with Crippen LogP contribution in [0.1, 0.15) is 25.7 Å². The number of rotatable bonds is 3. The van der Waals surface area contributed by atoms with Gasteiger partial charge >= 0.3 is 0 Å². The second kappa shape index (κ2) is 4.65. The summed E-state index contributed by atoms with van der Waals surface area (Å²) in [7, 11) is 0. The third-order valence-electron chi connectivity index (χ3n) is 3.93. The van der Waals surface area contributed by atoms with Gasteiger partial charge in [-0.2, -0.15) is 0 Å². The van der Waals surface area contributed by atoms with E-state index >= 15 is 0 Å². The molecule has 2 aliphatic rings. The lowest BCUT2D eigenvalue weighted by Gasteiger charge is -2.23. The first kappa shape index (κ1) is 11.6. The van der Waals surface area contributed by atoms with Gasteiger partial charge in [0.25, 0.3) is 0 Å². The fourth-order valence-corrected chi connectivity index (χ4v) is 3.79. The molecule has 3 atom stereocenters. The second-order valence-corrected chi connectivity index (χ2v) is 6.15. The Bertz CT molecular complexity index is 426. The fourth-order valence-electron chi connectivity index (χ4n) is 3.17. The zero-order valence-corrected chi connectivity index (χ0v) is 11.4. The molecule has 5 heteroatoms.